The van der Waals surface area contributed by atoms with Gasteiger partial charge in [-0.15, -0.1) is 0 Å². The Bertz CT molecular complexity index is 697. The molecule has 2 aliphatic carbocycles. The quantitative estimate of drug-likeness (QED) is 0.255. The number of carboxylic acid groups (broad SMARTS) is 1. The number of allylic oxidation sites excluding steroid dienone is 2. The second-order valence-electron chi connectivity index (χ2n) is 10.6. The number of hydrogen-bond acceptors (Lipinski definition) is 6. The van der Waals surface area contributed by atoms with Crippen LogP contribution in [-0.4, -0.2) is 40.1 Å². The summed E-state index contributed by atoms with van der Waals surface area (Å²) in [5.41, 5.74) is 0.703. The molecule has 3 N–H and O–H groups in total. The first-order valence-electron chi connectivity index (χ1n) is 13.0. The normalized spacial score (nSPS) is 27.1. The molecule has 0 amide bonds. The summed E-state index contributed by atoms with van der Waals surface area (Å²) in [4.78, 5) is 10.6. The van der Waals surface area contributed by atoms with Crippen LogP contribution in [-0.2, 0) is 9.53 Å². The molecule has 6 nitrogen and oxygen atoms in total. The van der Waals surface area contributed by atoms with Crippen LogP contribution in [0.4, 0.5) is 0 Å². The van der Waals surface area contributed by atoms with Gasteiger partial charge in [-0.05, 0) is 49.5 Å². The summed E-state index contributed by atoms with van der Waals surface area (Å²) < 4.78 is 6.54. The molecular formula is C27H45NaO6. The van der Waals surface area contributed by atoms with Crippen molar-refractivity contribution in [1.29, 1.82) is 0 Å². The Balaban J connectivity index is 0.00000578. The zero-order valence-corrected chi connectivity index (χ0v) is 24.0. The molecule has 0 unspecified atom stereocenters. The van der Waals surface area contributed by atoms with Gasteiger partial charge < -0.3 is 30.0 Å². The molecule has 0 aromatic rings. The van der Waals surface area contributed by atoms with E-state index in [1.807, 2.05) is 6.92 Å². The Labute approximate surface area is 228 Å². The van der Waals surface area contributed by atoms with Crippen molar-refractivity contribution in [2.75, 3.05) is 6.61 Å². The van der Waals surface area contributed by atoms with E-state index in [-0.39, 0.29) is 76.8 Å². The minimum Gasteiger partial charge on any atom is -0.550 e. The number of ether oxygens (including phenoxy) is 1. The maximum absolute atomic E-state index is 10.7. The first-order valence-corrected chi connectivity index (χ1v) is 13.0. The summed E-state index contributed by atoms with van der Waals surface area (Å²) in [7, 11) is 0. The average Bonchev–Trinajstić information content (AvgIpc) is 2.75. The first-order chi connectivity index (χ1) is 15.6. The zero-order valence-electron chi connectivity index (χ0n) is 22.0. The van der Waals surface area contributed by atoms with E-state index >= 15 is 0 Å². The van der Waals surface area contributed by atoms with Crippen LogP contribution in [0.25, 0.3) is 0 Å². The van der Waals surface area contributed by atoms with Gasteiger partial charge in [0.05, 0.1) is 18.5 Å². The van der Waals surface area contributed by atoms with E-state index in [1.54, 1.807) is 6.08 Å². The van der Waals surface area contributed by atoms with Gasteiger partial charge in [-0.3, -0.25) is 0 Å². The Morgan fingerprint density at radius 2 is 1.76 bits per heavy atom. The van der Waals surface area contributed by atoms with Crippen molar-refractivity contribution in [3.8, 4) is 0 Å². The summed E-state index contributed by atoms with van der Waals surface area (Å²) in [6.07, 6.45) is 9.38. The topological polar surface area (TPSA) is 110 Å². The number of aliphatic hydroxyl groups excluding tert-OH is 3. The fraction of sp³-hybridized carbons (Fsp3) is 0.815. The van der Waals surface area contributed by atoms with Crippen LogP contribution in [0.2, 0.25) is 0 Å². The molecule has 0 saturated carbocycles. The van der Waals surface area contributed by atoms with Gasteiger partial charge in [0.1, 0.15) is 11.9 Å². The van der Waals surface area contributed by atoms with Gasteiger partial charge in [-0.2, -0.15) is 0 Å². The van der Waals surface area contributed by atoms with Gasteiger partial charge in [-0.1, -0.05) is 59.8 Å². The van der Waals surface area contributed by atoms with E-state index in [0.717, 1.165) is 51.4 Å². The Morgan fingerprint density at radius 3 is 2.35 bits per heavy atom. The average molecular weight is 489 g/mol. The summed E-state index contributed by atoms with van der Waals surface area (Å²) in [6, 6.07) is 0. The minimum atomic E-state index is -1.00. The van der Waals surface area contributed by atoms with E-state index in [2.05, 4.69) is 20.8 Å². The van der Waals surface area contributed by atoms with Crippen molar-refractivity contribution >= 4 is 5.97 Å². The van der Waals surface area contributed by atoms with Crippen LogP contribution in [0.5, 0.6) is 0 Å². The van der Waals surface area contributed by atoms with Crippen LogP contribution in [0, 0.1) is 23.2 Å². The molecule has 0 saturated heterocycles. The number of carbonyl (C=O) groups excluding carboxylic acids is 1. The molecule has 0 heterocycles. The van der Waals surface area contributed by atoms with Gasteiger partial charge in [0.15, 0.2) is 0 Å². The Morgan fingerprint density at radius 1 is 1.15 bits per heavy atom. The zero-order chi connectivity index (χ0) is 24.6. The maximum Gasteiger partial charge on any atom is 1.00 e. The van der Waals surface area contributed by atoms with Gasteiger partial charge >= 0.3 is 29.6 Å². The molecule has 0 radical (unpaired) electrons. The van der Waals surface area contributed by atoms with Gasteiger partial charge in [0.2, 0.25) is 0 Å². The minimum absolute atomic E-state index is 0. The van der Waals surface area contributed by atoms with Gasteiger partial charge in [-0.25, -0.2) is 0 Å². The number of carboxylic acids is 1. The fourth-order valence-corrected chi connectivity index (χ4v) is 5.93. The molecular weight excluding hydrogens is 443 g/mol. The number of unbranched alkanes of at least 4 members (excludes halogenated alkanes) is 3. The Kier molecular flexibility index (Phi) is 13.8. The second kappa shape index (κ2) is 14.9. The molecule has 0 aromatic carbocycles. The summed E-state index contributed by atoms with van der Waals surface area (Å²) in [5.74, 6) is -0.847. The largest absolute Gasteiger partial charge is 1.00 e. The monoisotopic (exact) mass is 488 g/mol. The molecule has 190 valence electrons. The molecule has 2 rings (SSSR count). The molecule has 7 heteroatoms. The first kappa shape index (κ1) is 31.5. The van der Waals surface area contributed by atoms with Crippen LogP contribution < -0.4 is 34.7 Å². The van der Waals surface area contributed by atoms with E-state index in [9.17, 15) is 25.2 Å². The van der Waals surface area contributed by atoms with Gasteiger partial charge in [0, 0.05) is 29.8 Å². The van der Waals surface area contributed by atoms with Crippen molar-refractivity contribution in [2.45, 2.75) is 111 Å². The van der Waals surface area contributed by atoms with Crippen LogP contribution >= 0.6 is 0 Å². The molecule has 2 aliphatic rings. The predicted octanol–water partition coefficient (Wildman–Crippen LogP) is 1.97. The molecule has 5 atom stereocenters. The third-order valence-corrected chi connectivity index (χ3v) is 7.72. The standard InChI is InChI=1S/C27H46O6.Na/c1-5-13-27(4,14-6-2)17-33-23-16-22(29)26(32)20-15-21(28)18(3)19(25(20)23)11-9-7-8-10-12-24(30)31;/h15,18-19,22-23,25,28-29,32H,5-14,16-17H2,1-4H3,(H,30,31);/q;+1/p-1/t18-,19+,22-,23-,25+;/m0./s1. The number of rotatable bonds is 14. The summed E-state index contributed by atoms with van der Waals surface area (Å²) >= 11 is 0. The maximum atomic E-state index is 10.7. The van der Waals surface area contributed by atoms with Crippen molar-refractivity contribution < 1.29 is 59.5 Å². The van der Waals surface area contributed by atoms with Crippen molar-refractivity contribution in [2.24, 2.45) is 23.2 Å². The van der Waals surface area contributed by atoms with Crippen molar-refractivity contribution in [1.82, 2.24) is 0 Å². The van der Waals surface area contributed by atoms with E-state index in [1.165, 1.54) is 0 Å². The predicted molar refractivity (Wildman–Crippen MR) is 128 cm³/mol. The van der Waals surface area contributed by atoms with Crippen molar-refractivity contribution in [3.63, 3.8) is 0 Å². The molecule has 0 fully saturated rings. The third kappa shape index (κ3) is 8.55. The summed E-state index contributed by atoms with van der Waals surface area (Å²) in [6.45, 7) is 9.29. The van der Waals surface area contributed by atoms with E-state index in [0.29, 0.717) is 25.0 Å². The van der Waals surface area contributed by atoms with Crippen LogP contribution in [0.1, 0.15) is 98.3 Å². The van der Waals surface area contributed by atoms with Crippen LogP contribution in [0.3, 0.4) is 0 Å². The molecule has 0 aromatic heterocycles. The smallest absolute Gasteiger partial charge is 0.550 e. The molecule has 0 aliphatic heterocycles. The van der Waals surface area contributed by atoms with E-state index < -0.39 is 12.1 Å². The molecule has 0 spiro atoms. The number of aliphatic hydroxyl groups is 3. The van der Waals surface area contributed by atoms with Gasteiger partial charge in [0.25, 0.3) is 0 Å². The van der Waals surface area contributed by atoms with Crippen LogP contribution in [0.15, 0.2) is 23.2 Å². The summed E-state index contributed by atoms with van der Waals surface area (Å²) in [5, 5.41) is 42.4. The fourth-order valence-electron chi connectivity index (χ4n) is 5.93. The number of fused-ring (bicyclic) bond motifs is 1. The van der Waals surface area contributed by atoms with Crippen molar-refractivity contribution in [3.05, 3.63) is 23.2 Å². The Hall–Kier alpha value is -0.530. The second-order valence-corrected chi connectivity index (χ2v) is 10.6. The number of hydrogen-bond donors (Lipinski definition) is 3. The van der Waals surface area contributed by atoms with E-state index in [4.69, 9.17) is 4.74 Å². The SMILES string of the molecule is CCCC(C)(CCC)CO[C@H]1C[C@H](O)C(O)=C2C=C(O)[C@@H](C)[C@@H](CCCCCCC(=O)[O-])[C@H]21.[Na+]. The molecule has 0 bridgehead atoms. The number of aliphatic carboxylic acids is 1. The number of carbonyl (C=O) groups is 1. The molecule has 34 heavy (non-hydrogen) atoms. The third-order valence-electron chi connectivity index (χ3n) is 7.72.